The molecular formula is C56H35NOS. The lowest BCUT2D eigenvalue weighted by Crippen LogP contribution is -2.12. The Labute approximate surface area is 345 Å². The third kappa shape index (κ3) is 5.40. The summed E-state index contributed by atoms with van der Waals surface area (Å²) in [7, 11) is 0. The first-order valence-corrected chi connectivity index (χ1v) is 20.9. The number of thiophene rings is 1. The Balaban J connectivity index is 1.19. The van der Waals surface area contributed by atoms with Gasteiger partial charge in [-0.2, -0.15) is 0 Å². The van der Waals surface area contributed by atoms with E-state index >= 15 is 0 Å². The second-order valence-electron chi connectivity index (χ2n) is 15.2. The van der Waals surface area contributed by atoms with Gasteiger partial charge in [-0.3, -0.25) is 0 Å². The lowest BCUT2D eigenvalue weighted by atomic mass is 9.95. The van der Waals surface area contributed by atoms with Crippen LogP contribution in [-0.4, -0.2) is 0 Å². The first-order chi connectivity index (χ1) is 29.3. The van der Waals surface area contributed by atoms with Gasteiger partial charge in [0.2, 0.25) is 0 Å². The molecule has 12 aromatic rings. The van der Waals surface area contributed by atoms with Crippen LogP contribution in [0.3, 0.4) is 0 Å². The first-order valence-electron chi connectivity index (χ1n) is 20.1. The molecule has 0 saturated heterocycles. The number of nitrogens with zero attached hydrogens (tertiary/aromatic N) is 1. The van der Waals surface area contributed by atoms with Crippen molar-refractivity contribution in [3.63, 3.8) is 0 Å². The molecule has 12 rings (SSSR count). The minimum atomic E-state index is 0.867. The van der Waals surface area contributed by atoms with Gasteiger partial charge in [-0.25, -0.2) is 0 Å². The number of hydrogen-bond donors (Lipinski definition) is 0. The maximum Gasteiger partial charge on any atom is 0.145 e. The van der Waals surface area contributed by atoms with Crippen molar-refractivity contribution >= 4 is 92.1 Å². The van der Waals surface area contributed by atoms with Crippen LogP contribution in [0.4, 0.5) is 17.1 Å². The molecule has 0 N–H and O–H groups in total. The third-order valence-electron chi connectivity index (χ3n) is 11.9. The zero-order chi connectivity index (χ0) is 38.9. The van der Waals surface area contributed by atoms with Gasteiger partial charge in [0.05, 0.1) is 22.4 Å². The number of para-hydroxylation sites is 1. The van der Waals surface area contributed by atoms with E-state index in [1.54, 1.807) is 0 Å². The van der Waals surface area contributed by atoms with Gasteiger partial charge in [0.1, 0.15) is 11.2 Å². The van der Waals surface area contributed by atoms with Crippen LogP contribution in [-0.2, 0) is 0 Å². The van der Waals surface area contributed by atoms with Crippen LogP contribution < -0.4 is 4.90 Å². The molecule has 0 radical (unpaired) electrons. The zero-order valence-corrected chi connectivity index (χ0v) is 32.8. The van der Waals surface area contributed by atoms with Crippen molar-refractivity contribution in [3.05, 3.63) is 212 Å². The van der Waals surface area contributed by atoms with Gasteiger partial charge < -0.3 is 9.32 Å². The summed E-state index contributed by atoms with van der Waals surface area (Å²) in [6.07, 6.45) is 0. The van der Waals surface area contributed by atoms with Crippen molar-refractivity contribution in [2.24, 2.45) is 0 Å². The summed E-state index contributed by atoms with van der Waals surface area (Å²) in [4.78, 5) is 2.53. The van der Waals surface area contributed by atoms with Crippen LogP contribution in [0.25, 0.3) is 97.0 Å². The van der Waals surface area contributed by atoms with Gasteiger partial charge in [0.15, 0.2) is 0 Å². The first kappa shape index (κ1) is 33.7. The zero-order valence-electron chi connectivity index (χ0n) is 32.0. The maximum atomic E-state index is 6.97. The smallest absolute Gasteiger partial charge is 0.145 e. The number of fused-ring (bicyclic) bond motifs is 9. The van der Waals surface area contributed by atoms with Gasteiger partial charge in [0, 0.05) is 36.5 Å². The monoisotopic (exact) mass is 769 g/mol. The highest BCUT2D eigenvalue weighted by atomic mass is 32.1. The fraction of sp³-hybridized carbons (Fsp3) is 0. The van der Waals surface area contributed by atoms with Crippen molar-refractivity contribution in [1.82, 2.24) is 0 Å². The average molecular weight is 770 g/mol. The fourth-order valence-corrected chi connectivity index (χ4v) is 10.4. The Bertz CT molecular complexity index is 3550. The quantitative estimate of drug-likeness (QED) is 0.157. The fourth-order valence-electron chi connectivity index (χ4n) is 9.15. The van der Waals surface area contributed by atoms with E-state index in [4.69, 9.17) is 4.42 Å². The number of hydrogen-bond acceptors (Lipinski definition) is 3. The lowest BCUT2D eigenvalue weighted by molar-refractivity contribution is 0.670. The Hall–Kier alpha value is -7.46. The number of anilines is 3. The molecule has 3 heteroatoms. The van der Waals surface area contributed by atoms with Crippen molar-refractivity contribution in [3.8, 4) is 33.4 Å². The lowest BCUT2D eigenvalue weighted by Gasteiger charge is -2.29. The van der Waals surface area contributed by atoms with Crippen molar-refractivity contribution < 1.29 is 4.42 Å². The molecule has 0 atom stereocenters. The predicted octanol–water partition coefficient (Wildman–Crippen LogP) is 16.7. The normalized spacial score (nSPS) is 11.7. The summed E-state index contributed by atoms with van der Waals surface area (Å²) in [6.45, 7) is 0. The Kier molecular flexibility index (Phi) is 7.75. The summed E-state index contributed by atoms with van der Waals surface area (Å²) in [6, 6.07) is 76.8. The van der Waals surface area contributed by atoms with Crippen LogP contribution >= 0.6 is 11.3 Å². The molecule has 0 bridgehead atoms. The SMILES string of the molecule is c1ccc(-c2ccc(-c3ccc(N(c4cccc5ccc6ccccc6c45)c4ccc(-c5ccccc5)c5sc6ccccc6c45)c4c3oc3ccccc34)cc2)cc1. The van der Waals surface area contributed by atoms with E-state index in [1.807, 2.05) is 11.3 Å². The van der Waals surface area contributed by atoms with E-state index in [0.29, 0.717) is 0 Å². The molecular weight excluding hydrogens is 735 g/mol. The molecule has 0 aliphatic heterocycles. The number of furan rings is 1. The summed E-state index contributed by atoms with van der Waals surface area (Å²) >= 11 is 1.87. The summed E-state index contributed by atoms with van der Waals surface area (Å²) in [5.41, 5.74) is 12.1. The minimum absolute atomic E-state index is 0.867. The van der Waals surface area contributed by atoms with Crippen LogP contribution in [0, 0.1) is 0 Å². The highest BCUT2D eigenvalue weighted by Gasteiger charge is 2.27. The van der Waals surface area contributed by atoms with Gasteiger partial charge in [-0.15, -0.1) is 11.3 Å². The molecule has 0 aliphatic rings. The molecule has 10 aromatic carbocycles. The largest absolute Gasteiger partial charge is 0.455 e. The minimum Gasteiger partial charge on any atom is -0.455 e. The Morgan fingerprint density at radius 1 is 0.339 bits per heavy atom. The van der Waals surface area contributed by atoms with Gasteiger partial charge >= 0.3 is 0 Å². The van der Waals surface area contributed by atoms with Gasteiger partial charge in [0.25, 0.3) is 0 Å². The van der Waals surface area contributed by atoms with Gasteiger partial charge in [-0.05, 0) is 80.4 Å². The van der Waals surface area contributed by atoms with E-state index in [2.05, 4.69) is 217 Å². The Morgan fingerprint density at radius 2 is 0.898 bits per heavy atom. The predicted molar refractivity (Wildman–Crippen MR) is 253 cm³/mol. The number of benzene rings is 10. The molecule has 59 heavy (non-hydrogen) atoms. The van der Waals surface area contributed by atoms with E-state index in [9.17, 15) is 0 Å². The summed E-state index contributed by atoms with van der Waals surface area (Å²) < 4.78 is 9.51. The highest BCUT2D eigenvalue weighted by Crippen LogP contribution is 2.53. The molecule has 0 fully saturated rings. The molecule has 2 nitrogen and oxygen atoms in total. The van der Waals surface area contributed by atoms with Gasteiger partial charge in [-0.1, -0.05) is 176 Å². The number of rotatable bonds is 6. The third-order valence-corrected chi connectivity index (χ3v) is 13.1. The molecule has 0 aliphatic carbocycles. The van der Waals surface area contributed by atoms with E-state index in [0.717, 1.165) is 50.1 Å². The molecule has 276 valence electrons. The van der Waals surface area contributed by atoms with Crippen LogP contribution in [0.5, 0.6) is 0 Å². The van der Waals surface area contributed by atoms with Crippen LogP contribution in [0.2, 0.25) is 0 Å². The standard InChI is InChI=1S/C56H35NOS/c1-3-14-36(15-4-1)37-26-28-40(29-27-37)43-32-34-48(53-45-21-9-11-24-50(45)58-55(43)53)57(47-23-13-19-41-31-30-39-18-7-8-20-42(39)52(41)47)49-35-33-44(38-16-5-2-6-17-38)56-54(49)46-22-10-12-25-51(46)59-56/h1-35H. The molecule has 2 heterocycles. The average Bonchev–Trinajstić information content (AvgIpc) is 3.90. The van der Waals surface area contributed by atoms with E-state index < -0.39 is 0 Å². The van der Waals surface area contributed by atoms with Crippen LogP contribution in [0.1, 0.15) is 0 Å². The van der Waals surface area contributed by atoms with E-state index in [1.165, 1.54) is 64.0 Å². The maximum absolute atomic E-state index is 6.97. The van der Waals surface area contributed by atoms with Crippen molar-refractivity contribution in [2.45, 2.75) is 0 Å². The van der Waals surface area contributed by atoms with Crippen molar-refractivity contribution in [1.29, 1.82) is 0 Å². The second kappa shape index (κ2) is 13.6. The molecule has 2 aromatic heterocycles. The molecule has 0 amide bonds. The van der Waals surface area contributed by atoms with Crippen molar-refractivity contribution in [2.75, 3.05) is 4.90 Å². The second-order valence-corrected chi connectivity index (χ2v) is 16.2. The summed E-state index contributed by atoms with van der Waals surface area (Å²) in [5, 5.41) is 9.51. The molecule has 0 unspecified atom stereocenters. The highest BCUT2D eigenvalue weighted by molar-refractivity contribution is 7.26. The Morgan fingerprint density at radius 3 is 1.71 bits per heavy atom. The molecule has 0 saturated carbocycles. The molecule has 0 spiro atoms. The van der Waals surface area contributed by atoms with Crippen LogP contribution in [0.15, 0.2) is 217 Å². The topological polar surface area (TPSA) is 16.4 Å². The summed E-state index contributed by atoms with van der Waals surface area (Å²) in [5.74, 6) is 0. The van der Waals surface area contributed by atoms with E-state index in [-0.39, 0.29) is 0 Å².